The van der Waals surface area contributed by atoms with Crippen LogP contribution in [0.15, 0.2) is 110 Å². The average molecular weight is 1110 g/mol. The van der Waals surface area contributed by atoms with Crippen LogP contribution in [-0.4, -0.2) is 111 Å². The first kappa shape index (κ1) is 56.2. The van der Waals surface area contributed by atoms with Crippen molar-refractivity contribution in [3.63, 3.8) is 0 Å². The van der Waals surface area contributed by atoms with Crippen LogP contribution in [0.3, 0.4) is 0 Å². The lowest BCUT2D eigenvalue weighted by molar-refractivity contribution is -0.137. The molecule has 0 bridgehead atoms. The van der Waals surface area contributed by atoms with Crippen molar-refractivity contribution in [2.24, 2.45) is 0 Å². The number of aromatic nitrogens is 8. The molecule has 0 spiro atoms. The van der Waals surface area contributed by atoms with Crippen molar-refractivity contribution in [3.8, 4) is 22.5 Å². The molecule has 81 heavy (non-hydrogen) atoms. The van der Waals surface area contributed by atoms with Gasteiger partial charge in [-0.15, -0.1) is 0 Å². The molecule has 2 aliphatic heterocycles. The Labute approximate surface area is 463 Å². The zero-order chi connectivity index (χ0) is 58.0. The van der Waals surface area contributed by atoms with Gasteiger partial charge in [-0.3, -0.25) is 0 Å². The molecule has 6 amide bonds. The maximum Gasteiger partial charge on any atom is 0.416 e. The van der Waals surface area contributed by atoms with E-state index in [0.29, 0.717) is 101 Å². The number of rotatable bonds is 8. The second-order valence-electron chi connectivity index (χ2n) is 21.5. The van der Waals surface area contributed by atoms with Crippen LogP contribution in [0.5, 0.6) is 0 Å². The molecule has 8 N–H and O–H groups in total. The number of carbonyl (C=O) groups excluding carboxylic acids is 4. The van der Waals surface area contributed by atoms with E-state index in [2.05, 4.69) is 41.2 Å². The maximum absolute atomic E-state index is 13.0. The Kier molecular flexibility index (Phi) is 15.7. The molecule has 0 aliphatic carbocycles. The number of ether oxygens (including phenoxy) is 2. The van der Waals surface area contributed by atoms with Crippen molar-refractivity contribution in [3.05, 3.63) is 121 Å². The molecule has 22 nitrogen and oxygen atoms in total. The Hall–Kier alpha value is -9.55. The number of nitrogens with zero attached hydrogens (tertiary/aromatic N) is 10. The maximum atomic E-state index is 13.0. The van der Waals surface area contributed by atoms with Gasteiger partial charge in [-0.1, -0.05) is 42.5 Å². The second-order valence-corrected chi connectivity index (χ2v) is 21.5. The number of amides is 6. The third-order valence-electron chi connectivity index (χ3n) is 12.9. The number of aryl methyl sites for hydroxylation is 1. The van der Waals surface area contributed by atoms with E-state index >= 15 is 0 Å². The van der Waals surface area contributed by atoms with Gasteiger partial charge in [0.15, 0.2) is 11.3 Å². The van der Waals surface area contributed by atoms with Crippen LogP contribution in [0.25, 0.3) is 44.6 Å². The molecule has 10 rings (SSSR count). The number of urea groups is 2. The van der Waals surface area contributed by atoms with Crippen LogP contribution < -0.4 is 32.7 Å². The zero-order valence-corrected chi connectivity index (χ0v) is 45.5. The number of alkyl halides is 3. The molecular formula is C56H61F3N16O6. The van der Waals surface area contributed by atoms with Crippen molar-refractivity contribution in [2.45, 2.75) is 90.8 Å². The van der Waals surface area contributed by atoms with Crippen LogP contribution in [0.1, 0.15) is 77.6 Å². The van der Waals surface area contributed by atoms with E-state index in [1.165, 1.54) is 24.8 Å². The van der Waals surface area contributed by atoms with Gasteiger partial charge < -0.3 is 52.0 Å². The topological polar surface area (TPSA) is 281 Å². The Bertz CT molecular complexity index is 3630. The van der Waals surface area contributed by atoms with Crippen LogP contribution in [0, 0.1) is 6.92 Å². The highest BCUT2D eigenvalue weighted by Crippen LogP contribution is 2.37. The van der Waals surface area contributed by atoms with Gasteiger partial charge in [-0.25, -0.2) is 48.5 Å². The molecule has 0 radical (unpaired) electrons. The molecule has 25 heteroatoms. The molecular weight excluding hydrogens is 1050 g/mol. The number of halogens is 3. The van der Waals surface area contributed by atoms with Gasteiger partial charge >= 0.3 is 30.4 Å². The van der Waals surface area contributed by atoms with Crippen molar-refractivity contribution in [2.75, 3.05) is 58.9 Å². The minimum absolute atomic E-state index is 0.00331. The Morgan fingerprint density at radius 1 is 0.556 bits per heavy atom. The summed E-state index contributed by atoms with van der Waals surface area (Å²) in [6, 6.07) is 24.7. The van der Waals surface area contributed by atoms with Gasteiger partial charge in [0.05, 0.1) is 28.4 Å². The first-order valence-corrected chi connectivity index (χ1v) is 25.9. The van der Waals surface area contributed by atoms with E-state index in [1.54, 1.807) is 50.9 Å². The molecule has 8 aromatic rings. The van der Waals surface area contributed by atoms with E-state index in [4.69, 9.17) is 31.1 Å². The molecule has 4 aromatic heterocycles. The fourth-order valence-electron chi connectivity index (χ4n) is 9.28. The predicted molar refractivity (Wildman–Crippen MR) is 301 cm³/mol. The first-order valence-electron chi connectivity index (χ1n) is 25.9. The number of hydrogen-bond donors (Lipinski definition) is 6. The van der Waals surface area contributed by atoms with Crippen molar-refractivity contribution in [1.29, 1.82) is 0 Å². The average Bonchev–Trinajstić information content (AvgIpc) is 4.41. The van der Waals surface area contributed by atoms with Gasteiger partial charge in [0, 0.05) is 60.1 Å². The lowest BCUT2D eigenvalue weighted by Crippen LogP contribution is -2.35. The molecule has 6 heterocycles. The summed E-state index contributed by atoms with van der Waals surface area (Å²) in [7, 11) is 0. The Balaban J connectivity index is 0.000000196. The molecule has 2 atom stereocenters. The zero-order valence-electron chi connectivity index (χ0n) is 45.5. The SMILES string of the molecule is CC(C)(C)OC(=O)N1CC[C@H](n2nc(-c3ccc(NC(=O)Nc4cccc(C(F)(F)F)c4)cc3)c3c(N)ncnc32)C1.Cc1cccc(NC(=O)Nc2ccc(-c3nn([C@@H]4CCN(C(=O)OC(C)(C)C)C4)c4ncnc(N)c34)cc2)c1. The van der Waals surface area contributed by atoms with Gasteiger partial charge in [-0.05, 0) is 121 Å². The summed E-state index contributed by atoms with van der Waals surface area (Å²) in [5.74, 6) is 0.564. The number of carbonyl (C=O) groups is 4. The number of likely N-dealkylation sites (tertiary alicyclic amines) is 2. The second kappa shape index (κ2) is 22.7. The van der Waals surface area contributed by atoms with Crippen LogP contribution in [0.4, 0.5) is 66.7 Å². The number of hydrogen-bond acceptors (Lipinski definition) is 14. The predicted octanol–water partition coefficient (Wildman–Crippen LogP) is 11.1. The molecule has 2 saturated heterocycles. The monoisotopic (exact) mass is 1110 g/mol. The number of nitrogens with two attached hydrogens (primary N) is 2. The van der Waals surface area contributed by atoms with E-state index in [-0.39, 0.29) is 35.7 Å². The van der Waals surface area contributed by atoms with Crippen molar-refractivity contribution in [1.82, 2.24) is 49.3 Å². The molecule has 2 aliphatic rings. The van der Waals surface area contributed by atoms with E-state index in [1.807, 2.05) is 89.5 Å². The number of benzene rings is 4. The van der Waals surface area contributed by atoms with Crippen molar-refractivity contribution < 1.29 is 41.8 Å². The summed E-state index contributed by atoms with van der Waals surface area (Å²) in [6.45, 7) is 14.9. The summed E-state index contributed by atoms with van der Waals surface area (Å²) < 4.78 is 53.6. The lowest BCUT2D eigenvalue weighted by atomic mass is 10.1. The highest BCUT2D eigenvalue weighted by Gasteiger charge is 2.35. The Morgan fingerprint density at radius 3 is 1.37 bits per heavy atom. The summed E-state index contributed by atoms with van der Waals surface area (Å²) >= 11 is 0. The molecule has 2 fully saturated rings. The largest absolute Gasteiger partial charge is 0.444 e. The number of anilines is 6. The van der Waals surface area contributed by atoms with Gasteiger partial charge in [0.1, 0.15) is 46.9 Å². The van der Waals surface area contributed by atoms with Crippen LogP contribution >= 0.6 is 0 Å². The van der Waals surface area contributed by atoms with Crippen LogP contribution in [0.2, 0.25) is 0 Å². The molecule has 0 unspecified atom stereocenters. The van der Waals surface area contributed by atoms with Crippen LogP contribution in [-0.2, 0) is 15.7 Å². The highest BCUT2D eigenvalue weighted by atomic mass is 19.4. The summed E-state index contributed by atoms with van der Waals surface area (Å²) in [5.41, 5.74) is 17.0. The fourth-order valence-corrected chi connectivity index (χ4v) is 9.28. The molecule has 4 aromatic carbocycles. The third-order valence-corrected chi connectivity index (χ3v) is 12.9. The van der Waals surface area contributed by atoms with E-state index in [0.717, 1.165) is 23.3 Å². The van der Waals surface area contributed by atoms with E-state index in [9.17, 15) is 32.3 Å². The van der Waals surface area contributed by atoms with Gasteiger partial charge in [0.25, 0.3) is 0 Å². The normalized spacial score (nSPS) is 15.5. The Morgan fingerprint density at radius 2 is 0.963 bits per heavy atom. The minimum atomic E-state index is -4.52. The lowest BCUT2D eigenvalue weighted by Gasteiger charge is -2.24. The number of nitrogen functional groups attached to an aromatic ring is 2. The highest BCUT2D eigenvalue weighted by molar-refractivity contribution is 6.02. The smallest absolute Gasteiger partial charge is 0.416 e. The minimum Gasteiger partial charge on any atom is -0.444 e. The van der Waals surface area contributed by atoms with Gasteiger partial charge in [0.2, 0.25) is 0 Å². The number of nitrogens with one attached hydrogen (secondary N) is 4. The summed E-state index contributed by atoms with van der Waals surface area (Å²) in [4.78, 5) is 70.6. The molecule has 0 saturated carbocycles. The number of fused-ring (bicyclic) bond motifs is 2. The van der Waals surface area contributed by atoms with E-state index < -0.39 is 35.1 Å². The fraction of sp³-hybridized carbons (Fsp3) is 0.321. The summed E-state index contributed by atoms with van der Waals surface area (Å²) in [5, 5.41) is 21.6. The molecule has 422 valence electrons. The van der Waals surface area contributed by atoms with Crippen molar-refractivity contribution >= 4 is 80.7 Å². The first-order chi connectivity index (χ1) is 38.4. The van der Waals surface area contributed by atoms with Gasteiger partial charge in [-0.2, -0.15) is 23.4 Å². The standard InChI is InChI=1S/C28H29F3N8O3.C28H32N8O3/c1-27(2,3)42-26(41)38-12-11-20(14-38)39-24-21(23(32)33-15-34-24)22(37-39)16-7-9-18(10-8-16)35-25(40)36-19-6-4-5-17(13-19)28(29,30)31;1-17-6-5-7-20(14-17)33-26(37)32-19-10-8-18(9-11-19)23-22-24(29)30-16-31-25(22)36(34-23)21-12-13-35(15-21)27(38)39-28(2,3)4/h4-10,13,15,20H,11-12,14H2,1-3H3,(H2,32,33,34)(H2,35,36,40);5-11,14,16,21H,12-13,15H2,1-4H3,(H2,29,30,31)(H2,32,33,37)/t20-;21-/m01/s1. The summed E-state index contributed by atoms with van der Waals surface area (Å²) in [6.07, 6.45) is -1.14. The quantitative estimate of drug-likeness (QED) is 0.0825. The third kappa shape index (κ3) is 13.5.